The Bertz CT molecular complexity index is 455. The second-order valence-electron chi connectivity index (χ2n) is 3.22. The molecule has 1 unspecified atom stereocenters. The fourth-order valence-corrected chi connectivity index (χ4v) is 2.03. The van der Waals surface area contributed by atoms with E-state index in [0.29, 0.717) is 5.01 Å². The fourth-order valence-electron chi connectivity index (χ4n) is 1.33. The average molecular weight is 233 g/mol. The van der Waals surface area contributed by atoms with E-state index in [9.17, 15) is 4.79 Å². The number of hydrogen-bond acceptors (Lipinski definition) is 4. The lowest BCUT2D eigenvalue weighted by molar-refractivity contribution is -0.118. The van der Waals surface area contributed by atoms with Crippen molar-refractivity contribution in [2.75, 3.05) is 5.32 Å². The van der Waals surface area contributed by atoms with Gasteiger partial charge in [-0.15, -0.1) is 11.3 Å². The first-order valence-corrected chi connectivity index (χ1v) is 5.65. The lowest BCUT2D eigenvalue weighted by Gasteiger charge is -2.13. The largest absolute Gasteiger partial charge is 0.368 e. The molecule has 0 spiro atoms. The van der Waals surface area contributed by atoms with E-state index in [4.69, 9.17) is 5.73 Å². The van der Waals surface area contributed by atoms with Gasteiger partial charge in [0.05, 0.1) is 0 Å². The third-order valence-corrected chi connectivity index (χ3v) is 2.91. The van der Waals surface area contributed by atoms with Crippen molar-refractivity contribution in [2.45, 2.75) is 6.04 Å². The van der Waals surface area contributed by atoms with Crippen molar-refractivity contribution in [1.82, 2.24) is 4.98 Å². The average Bonchev–Trinajstić information content (AvgIpc) is 2.80. The molecule has 0 saturated carbocycles. The normalized spacial score (nSPS) is 12.0. The van der Waals surface area contributed by atoms with Crippen molar-refractivity contribution in [1.29, 1.82) is 0 Å². The summed E-state index contributed by atoms with van der Waals surface area (Å²) in [6.07, 6.45) is 1.66. The zero-order chi connectivity index (χ0) is 11.4. The molecule has 1 atom stereocenters. The van der Waals surface area contributed by atoms with E-state index in [1.165, 1.54) is 11.3 Å². The van der Waals surface area contributed by atoms with Crippen LogP contribution in [-0.2, 0) is 4.79 Å². The van der Waals surface area contributed by atoms with Gasteiger partial charge in [-0.05, 0) is 12.1 Å². The second kappa shape index (κ2) is 4.76. The number of para-hydroxylation sites is 1. The number of anilines is 1. The minimum Gasteiger partial charge on any atom is -0.368 e. The summed E-state index contributed by atoms with van der Waals surface area (Å²) in [6.45, 7) is 0. The maximum atomic E-state index is 11.3. The summed E-state index contributed by atoms with van der Waals surface area (Å²) in [5.74, 6) is -0.432. The van der Waals surface area contributed by atoms with Gasteiger partial charge in [0.1, 0.15) is 5.01 Å². The zero-order valence-corrected chi connectivity index (χ0v) is 9.28. The van der Waals surface area contributed by atoms with Gasteiger partial charge in [0, 0.05) is 17.3 Å². The number of carbonyl (C=O) groups is 1. The number of nitrogens with two attached hydrogens (primary N) is 1. The lowest BCUT2D eigenvalue weighted by atomic mass is 10.2. The lowest BCUT2D eigenvalue weighted by Crippen LogP contribution is -2.27. The molecule has 0 bridgehead atoms. The maximum absolute atomic E-state index is 11.3. The molecule has 3 N–H and O–H groups in total. The van der Waals surface area contributed by atoms with Gasteiger partial charge in [-0.3, -0.25) is 4.79 Å². The van der Waals surface area contributed by atoms with Gasteiger partial charge in [-0.25, -0.2) is 4.98 Å². The highest BCUT2D eigenvalue weighted by Crippen LogP contribution is 2.20. The summed E-state index contributed by atoms with van der Waals surface area (Å²) < 4.78 is 0. The fraction of sp³-hybridized carbons (Fsp3) is 0.0909. The highest BCUT2D eigenvalue weighted by Gasteiger charge is 2.19. The van der Waals surface area contributed by atoms with Crippen molar-refractivity contribution in [2.24, 2.45) is 5.73 Å². The van der Waals surface area contributed by atoms with Gasteiger partial charge >= 0.3 is 0 Å². The number of nitrogens with one attached hydrogen (secondary N) is 1. The number of benzene rings is 1. The molecule has 82 valence electrons. The molecule has 2 rings (SSSR count). The highest BCUT2D eigenvalue weighted by atomic mass is 32.1. The predicted molar refractivity (Wildman–Crippen MR) is 64.1 cm³/mol. The summed E-state index contributed by atoms with van der Waals surface area (Å²) >= 11 is 1.40. The number of thiazole rings is 1. The summed E-state index contributed by atoms with van der Waals surface area (Å²) in [5, 5.41) is 5.55. The first kappa shape index (κ1) is 10.6. The Kier molecular flexibility index (Phi) is 3.16. The minimum absolute atomic E-state index is 0.432. The number of hydrogen-bond donors (Lipinski definition) is 2. The first-order valence-electron chi connectivity index (χ1n) is 4.77. The van der Waals surface area contributed by atoms with Crippen LogP contribution in [0.1, 0.15) is 11.0 Å². The van der Waals surface area contributed by atoms with Crippen LogP contribution in [0.25, 0.3) is 0 Å². The van der Waals surface area contributed by atoms with Gasteiger partial charge in [-0.1, -0.05) is 18.2 Å². The molecule has 0 saturated heterocycles. The summed E-state index contributed by atoms with van der Waals surface area (Å²) in [5.41, 5.74) is 6.19. The van der Waals surface area contributed by atoms with Gasteiger partial charge in [0.15, 0.2) is 6.04 Å². The van der Waals surface area contributed by atoms with Crippen LogP contribution in [-0.4, -0.2) is 10.9 Å². The van der Waals surface area contributed by atoms with Crippen LogP contribution in [0.4, 0.5) is 5.69 Å². The van der Waals surface area contributed by atoms with Crippen LogP contribution in [0.2, 0.25) is 0 Å². The summed E-state index contributed by atoms with van der Waals surface area (Å²) in [4.78, 5) is 15.4. The molecule has 16 heavy (non-hydrogen) atoms. The Balaban J connectivity index is 2.19. The van der Waals surface area contributed by atoms with E-state index in [-0.39, 0.29) is 0 Å². The van der Waals surface area contributed by atoms with Crippen molar-refractivity contribution in [3.8, 4) is 0 Å². The topological polar surface area (TPSA) is 68.0 Å². The molecule has 0 fully saturated rings. The number of aromatic nitrogens is 1. The van der Waals surface area contributed by atoms with Crippen molar-refractivity contribution in [3.05, 3.63) is 46.9 Å². The predicted octanol–water partition coefficient (Wildman–Crippen LogP) is 1.78. The Morgan fingerprint density at radius 1 is 1.38 bits per heavy atom. The molecule has 1 aromatic carbocycles. The van der Waals surface area contributed by atoms with Crippen LogP contribution in [0, 0.1) is 0 Å². The third-order valence-electron chi connectivity index (χ3n) is 2.07. The number of amides is 1. The van der Waals surface area contributed by atoms with E-state index >= 15 is 0 Å². The number of rotatable bonds is 4. The molecule has 0 aliphatic heterocycles. The van der Waals surface area contributed by atoms with Crippen LogP contribution in [0.3, 0.4) is 0 Å². The summed E-state index contributed by atoms with van der Waals surface area (Å²) in [7, 11) is 0. The van der Waals surface area contributed by atoms with Crippen LogP contribution in [0.15, 0.2) is 41.9 Å². The van der Waals surface area contributed by atoms with Crippen molar-refractivity contribution >= 4 is 22.9 Å². The van der Waals surface area contributed by atoms with Crippen molar-refractivity contribution in [3.63, 3.8) is 0 Å². The standard InChI is InChI=1S/C11H11N3OS/c12-10(15)9(11-13-6-7-16-11)14-8-4-2-1-3-5-8/h1-7,9,14H,(H2,12,15). The van der Waals surface area contributed by atoms with E-state index in [1.54, 1.807) is 6.20 Å². The Morgan fingerprint density at radius 2 is 2.12 bits per heavy atom. The van der Waals surface area contributed by atoms with Gasteiger partial charge < -0.3 is 11.1 Å². The number of carbonyl (C=O) groups excluding carboxylic acids is 1. The molecule has 4 nitrogen and oxygen atoms in total. The number of nitrogens with zero attached hydrogens (tertiary/aromatic N) is 1. The van der Waals surface area contributed by atoms with E-state index in [1.807, 2.05) is 35.7 Å². The Morgan fingerprint density at radius 3 is 2.69 bits per heavy atom. The molecule has 1 aromatic heterocycles. The molecule has 5 heteroatoms. The molecular weight excluding hydrogens is 222 g/mol. The molecule has 0 aliphatic rings. The highest BCUT2D eigenvalue weighted by molar-refractivity contribution is 7.09. The quantitative estimate of drug-likeness (QED) is 0.845. The number of primary amides is 1. The Hall–Kier alpha value is -1.88. The van der Waals surface area contributed by atoms with Crippen LogP contribution in [0.5, 0.6) is 0 Å². The van der Waals surface area contributed by atoms with Gasteiger partial charge in [0.25, 0.3) is 0 Å². The smallest absolute Gasteiger partial charge is 0.247 e. The molecule has 1 amide bonds. The van der Waals surface area contributed by atoms with Crippen LogP contribution >= 0.6 is 11.3 Å². The van der Waals surface area contributed by atoms with Crippen LogP contribution < -0.4 is 11.1 Å². The molecule has 1 heterocycles. The van der Waals surface area contributed by atoms with E-state index in [0.717, 1.165) is 5.69 Å². The van der Waals surface area contributed by atoms with Gasteiger partial charge in [0.2, 0.25) is 5.91 Å². The van der Waals surface area contributed by atoms with Gasteiger partial charge in [-0.2, -0.15) is 0 Å². The SMILES string of the molecule is NC(=O)C(Nc1ccccc1)c1nccs1. The van der Waals surface area contributed by atoms with E-state index < -0.39 is 11.9 Å². The van der Waals surface area contributed by atoms with Crippen molar-refractivity contribution < 1.29 is 4.79 Å². The molecule has 0 aliphatic carbocycles. The molecule has 2 aromatic rings. The van der Waals surface area contributed by atoms with E-state index in [2.05, 4.69) is 10.3 Å². The second-order valence-corrected chi connectivity index (χ2v) is 4.14. The minimum atomic E-state index is -0.567. The first-order chi connectivity index (χ1) is 7.77. The third kappa shape index (κ3) is 2.38. The maximum Gasteiger partial charge on any atom is 0.247 e. The molecular formula is C11H11N3OS. The Labute approximate surface area is 97.1 Å². The monoisotopic (exact) mass is 233 g/mol. The zero-order valence-electron chi connectivity index (χ0n) is 8.46. The summed E-state index contributed by atoms with van der Waals surface area (Å²) in [6, 6.07) is 8.88. The molecule has 0 radical (unpaired) electrons.